The fourth-order valence-corrected chi connectivity index (χ4v) is 5.58. The summed E-state index contributed by atoms with van der Waals surface area (Å²) in [7, 11) is 0. The maximum atomic E-state index is 14.9. The molecule has 5 nitrogen and oxygen atoms in total. The van der Waals surface area contributed by atoms with Gasteiger partial charge in [-0.25, -0.2) is 9.38 Å². The van der Waals surface area contributed by atoms with Crippen molar-refractivity contribution < 1.29 is 19.0 Å². The Morgan fingerprint density at radius 3 is 2.86 bits per heavy atom. The molecule has 4 rings (SSSR count). The molecule has 8 heteroatoms. The number of hydrogen-bond acceptors (Lipinski definition) is 5. The summed E-state index contributed by atoms with van der Waals surface area (Å²) < 4.78 is 21.5. The van der Waals surface area contributed by atoms with Crippen molar-refractivity contribution in [2.24, 2.45) is 10.4 Å². The van der Waals surface area contributed by atoms with Crippen LogP contribution in [0.2, 0.25) is 0 Å². The smallest absolute Gasteiger partial charge is 0.257 e. The van der Waals surface area contributed by atoms with Crippen LogP contribution in [-0.2, 0) is 10.3 Å². The molecule has 2 aromatic rings. The second-order valence-corrected chi connectivity index (χ2v) is 9.29. The molecule has 1 saturated heterocycles. The van der Waals surface area contributed by atoms with E-state index in [0.29, 0.717) is 22.0 Å². The number of rotatable bonds is 3. The Hall–Kier alpha value is -1.74. The first-order valence-electron chi connectivity index (χ1n) is 9.17. The maximum Gasteiger partial charge on any atom is 0.257 e. The number of ether oxygens (including phenoxy) is 1. The van der Waals surface area contributed by atoms with Crippen LogP contribution < -0.4 is 5.32 Å². The first kappa shape index (κ1) is 20.5. The lowest BCUT2D eigenvalue weighted by Crippen LogP contribution is -2.52. The summed E-state index contributed by atoms with van der Waals surface area (Å²) in [4.78, 5) is 17.4. The summed E-state index contributed by atoms with van der Waals surface area (Å²) in [5.41, 5.74) is -0.798. The number of carbonyl (C=O) groups is 1. The van der Waals surface area contributed by atoms with Crippen LogP contribution in [0.4, 0.5) is 4.39 Å². The van der Waals surface area contributed by atoms with Gasteiger partial charge in [-0.1, -0.05) is 52.8 Å². The minimum atomic E-state index is -1.06. The second kappa shape index (κ2) is 7.83. The molecule has 0 aliphatic carbocycles. The van der Waals surface area contributed by atoms with Gasteiger partial charge in [0.05, 0.1) is 19.3 Å². The van der Waals surface area contributed by atoms with Gasteiger partial charge in [-0.2, -0.15) is 0 Å². The number of aliphatic hydroxyl groups excluding tert-OH is 1. The molecule has 152 valence electrons. The van der Waals surface area contributed by atoms with Gasteiger partial charge in [0.1, 0.15) is 11.4 Å². The van der Waals surface area contributed by atoms with E-state index in [4.69, 9.17) is 9.73 Å². The van der Waals surface area contributed by atoms with Crippen molar-refractivity contribution in [3.63, 3.8) is 0 Å². The highest BCUT2D eigenvalue weighted by molar-refractivity contribution is 9.10. The number of fused-ring (bicyclic) bond motifs is 1. The highest BCUT2D eigenvalue weighted by atomic mass is 79.9. The number of aliphatic imine (C=N–C) groups is 1. The number of hydrogen-bond donors (Lipinski definition) is 2. The van der Waals surface area contributed by atoms with E-state index in [-0.39, 0.29) is 19.1 Å². The number of thioether (sulfide) groups is 1. The Bertz CT molecular complexity index is 974. The molecule has 1 amide bonds. The van der Waals surface area contributed by atoms with Crippen LogP contribution in [-0.4, -0.2) is 41.3 Å². The minimum Gasteiger partial charge on any atom is -0.394 e. The van der Waals surface area contributed by atoms with Crippen LogP contribution in [0.5, 0.6) is 0 Å². The summed E-state index contributed by atoms with van der Waals surface area (Å²) in [5.74, 6) is -0.160. The number of nitrogens with one attached hydrogen (secondary N) is 1. The van der Waals surface area contributed by atoms with Crippen LogP contribution in [0, 0.1) is 11.2 Å². The number of nitrogens with zero attached hydrogens (tertiary/aromatic N) is 1. The SMILES string of the molecule is C[C@]12CSC(NC(=O)c3ccccc3)=N[C@@]1(c1cc(Br)ccc1F)CO[C@@H]2CO. The molecule has 0 radical (unpaired) electrons. The van der Waals surface area contributed by atoms with Crippen molar-refractivity contribution in [1.82, 2.24) is 5.32 Å². The third kappa shape index (κ3) is 3.42. The summed E-state index contributed by atoms with van der Waals surface area (Å²) >= 11 is 4.79. The van der Waals surface area contributed by atoms with Crippen molar-refractivity contribution in [3.8, 4) is 0 Å². The fraction of sp³-hybridized carbons (Fsp3) is 0.333. The lowest BCUT2D eigenvalue weighted by molar-refractivity contribution is 0.0164. The van der Waals surface area contributed by atoms with E-state index in [2.05, 4.69) is 21.2 Å². The van der Waals surface area contributed by atoms with Crippen molar-refractivity contribution in [2.75, 3.05) is 19.0 Å². The lowest BCUT2D eigenvalue weighted by atomic mass is 9.67. The molecule has 0 aromatic heterocycles. The number of benzene rings is 2. The fourth-order valence-electron chi connectivity index (χ4n) is 3.97. The average Bonchev–Trinajstić information content (AvgIpc) is 3.03. The molecule has 0 spiro atoms. The molecular weight excluding hydrogens is 459 g/mol. The highest BCUT2D eigenvalue weighted by Gasteiger charge is 2.62. The third-order valence-corrected chi connectivity index (χ3v) is 7.45. The molecule has 0 bridgehead atoms. The third-order valence-electron chi connectivity index (χ3n) is 5.75. The van der Waals surface area contributed by atoms with E-state index in [1.54, 1.807) is 36.4 Å². The van der Waals surface area contributed by atoms with Gasteiger partial charge in [0, 0.05) is 26.8 Å². The first-order valence-corrected chi connectivity index (χ1v) is 10.9. The van der Waals surface area contributed by atoms with Crippen molar-refractivity contribution in [2.45, 2.75) is 18.6 Å². The first-order chi connectivity index (χ1) is 13.9. The Morgan fingerprint density at radius 1 is 1.38 bits per heavy atom. The van der Waals surface area contributed by atoms with Crippen molar-refractivity contribution >= 4 is 38.8 Å². The molecule has 1 fully saturated rings. The molecule has 3 atom stereocenters. The second-order valence-electron chi connectivity index (χ2n) is 7.41. The summed E-state index contributed by atoms with van der Waals surface area (Å²) in [6.45, 7) is 1.89. The highest BCUT2D eigenvalue weighted by Crippen LogP contribution is 2.56. The molecule has 0 unspecified atom stereocenters. The van der Waals surface area contributed by atoms with Gasteiger partial charge >= 0.3 is 0 Å². The van der Waals surface area contributed by atoms with Gasteiger partial charge in [0.25, 0.3) is 5.91 Å². The van der Waals surface area contributed by atoms with Crippen molar-refractivity contribution in [3.05, 3.63) is 69.9 Å². The molecule has 2 N–H and O–H groups in total. The van der Waals surface area contributed by atoms with Crippen LogP contribution in [0.15, 0.2) is 58.0 Å². The average molecular weight is 479 g/mol. The molecule has 2 heterocycles. The van der Waals surface area contributed by atoms with E-state index >= 15 is 0 Å². The van der Waals surface area contributed by atoms with E-state index in [1.807, 2.05) is 13.0 Å². The van der Waals surface area contributed by atoms with E-state index in [9.17, 15) is 14.3 Å². The number of amides is 1. The van der Waals surface area contributed by atoms with Crippen molar-refractivity contribution in [1.29, 1.82) is 0 Å². The van der Waals surface area contributed by atoms with Gasteiger partial charge in [-0.05, 0) is 30.3 Å². The monoisotopic (exact) mass is 478 g/mol. The van der Waals surface area contributed by atoms with Crippen LogP contribution in [0.1, 0.15) is 22.8 Å². The minimum absolute atomic E-state index is 0.118. The van der Waals surface area contributed by atoms with Gasteiger partial charge in [-0.3, -0.25) is 4.79 Å². The molecule has 29 heavy (non-hydrogen) atoms. The van der Waals surface area contributed by atoms with E-state index < -0.39 is 22.9 Å². The Kier molecular flexibility index (Phi) is 5.54. The lowest BCUT2D eigenvalue weighted by Gasteiger charge is -2.45. The standard InChI is InChI=1S/C21H20BrFN2O3S/c1-20-12-29-19(24-18(27)13-5-3-2-4-6-13)25-21(20,11-28-17(20)10-26)15-9-14(22)7-8-16(15)23/h2-9,17,26H,10-12H2,1H3,(H,24,25,27)/t17-,20-,21-/m1/s1. The maximum absolute atomic E-state index is 14.9. The van der Waals surface area contributed by atoms with Gasteiger partial charge < -0.3 is 15.2 Å². The summed E-state index contributed by atoms with van der Waals surface area (Å²) in [6.07, 6.45) is -0.483. The number of aliphatic hydroxyl groups is 1. The van der Waals surface area contributed by atoms with Crippen LogP contribution in [0.25, 0.3) is 0 Å². The largest absolute Gasteiger partial charge is 0.394 e. The zero-order valence-electron chi connectivity index (χ0n) is 15.7. The predicted molar refractivity (Wildman–Crippen MR) is 115 cm³/mol. The van der Waals surface area contributed by atoms with Gasteiger partial charge in [-0.15, -0.1) is 0 Å². The number of amidine groups is 1. The molecule has 2 aromatic carbocycles. The normalized spacial score (nSPS) is 28.6. The number of carbonyl (C=O) groups excluding carboxylic acids is 1. The molecule has 2 aliphatic rings. The van der Waals surface area contributed by atoms with Crippen LogP contribution >= 0.6 is 27.7 Å². The van der Waals surface area contributed by atoms with Gasteiger partial charge in [0.15, 0.2) is 5.17 Å². The molecular formula is C21H20BrFN2O3S. The quantitative estimate of drug-likeness (QED) is 0.705. The Morgan fingerprint density at radius 2 is 2.14 bits per heavy atom. The van der Waals surface area contributed by atoms with E-state index in [1.165, 1.54) is 17.8 Å². The van der Waals surface area contributed by atoms with Gasteiger partial charge in [0.2, 0.25) is 0 Å². The Balaban J connectivity index is 1.78. The summed E-state index contributed by atoms with van der Waals surface area (Å²) in [6, 6.07) is 13.6. The number of halogens is 2. The molecule has 2 aliphatic heterocycles. The zero-order chi connectivity index (χ0) is 20.6. The predicted octanol–water partition coefficient (Wildman–Crippen LogP) is 3.71. The Labute approximate surface area is 180 Å². The van der Waals surface area contributed by atoms with Crippen LogP contribution in [0.3, 0.4) is 0 Å². The zero-order valence-corrected chi connectivity index (χ0v) is 18.1. The molecule has 0 saturated carbocycles. The van der Waals surface area contributed by atoms with E-state index in [0.717, 1.165) is 4.47 Å². The topological polar surface area (TPSA) is 70.9 Å². The summed E-state index contributed by atoms with van der Waals surface area (Å²) in [5, 5.41) is 13.1.